The summed E-state index contributed by atoms with van der Waals surface area (Å²) >= 11 is 0. The fraction of sp³-hybridized carbons (Fsp3) is 0.429. The van der Waals surface area contributed by atoms with E-state index in [0.29, 0.717) is 17.9 Å². The Morgan fingerprint density at radius 1 is 1.05 bits per heavy atom. The lowest BCUT2D eigenvalue weighted by Gasteiger charge is -2.29. The van der Waals surface area contributed by atoms with Gasteiger partial charge in [0.1, 0.15) is 17.4 Å². The molecule has 2 fully saturated rings. The Morgan fingerprint density at radius 2 is 1.89 bits per heavy atom. The van der Waals surface area contributed by atoms with Gasteiger partial charge in [-0.3, -0.25) is 0 Å². The smallest absolute Gasteiger partial charge is 0.231 e. The Hall–Kier alpha value is -3.56. The van der Waals surface area contributed by atoms with Crippen LogP contribution >= 0.6 is 0 Å². The van der Waals surface area contributed by atoms with Gasteiger partial charge in [0.15, 0.2) is 0 Å². The molecular weight excluding hydrogens is 466 g/mol. The number of rotatable bonds is 9. The molecule has 0 unspecified atom stereocenters. The quantitative estimate of drug-likeness (QED) is 0.336. The molecule has 0 radical (unpaired) electrons. The molecule has 0 bridgehead atoms. The average molecular weight is 502 g/mol. The molecule has 37 heavy (non-hydrogen) atoms. The van der Waals surface area contributed by atoms with Gasteiger partial charge in [0.2, 0.25) is 5.95 Å². The summed E-state index contributed by atoms with van der Waals surface area (Å²) in [7, 11) is 1.69. The molecule has 2 aliphatic heterocycles. The number of nitrogens with one attached hydrogen (secondary N) is 4. The second-order valence-corrected chi connectivity index (χ2v) is 9.99. The molecule has 1 aliphatic carbocycles. The average Bonchev–Trinajstić information content (AvgIpc) is 3.69. The lowest BCUT2D eigenvalue weighted by Crippen LogP contribution is -2.36. The maximum absolute atomic E-state index is 5.74. The molecule has 9 heteroatoms. The Labute approximate surface area is 218 Å². The molecule has 3 heterocycles. The molecule has 9 nitrogen and oxygen atoms in total. The highest BCUT2D eigenvalue weighted by Gasteiger charge is 2.27. The normalized spacial score (nSPS) is 18.8. The van der Waals surface area contributed by atoms with E-state index >= 15 is 0 Å². The molecule has 1 saturated heterocycles. The second-order valence-electron chi connectivity index (χ2n) is 9.99. The molecule has 2 aromatic carbocycles. The van der Waals surface area contributed by atoms with Gasteiger partial charge in [0.05, 0.1) is 26.0 Å². The van der Waals surface area contributed by atoms with Crippen molar-refractivity contribution in [2.45, 2.75) is 38.3 Å². The van der Waals surface area contributed by atoms with Crippen molar-refractivity contribution >= 4 is 34.6 Å². The minimum absolute atomic E-state index is 0.311. The van der Waals surface area contributed by atoms with E-state index < -0.39 is 0 Å². The van der Waals surface area contributed by atoms with Crippen LogP contribution in [0.25, 0.3) is 0 Å². The summed E-state index contributed by atoms with van der Waals surface area (Å²) in [4.78, 5) is 12.1. The molecule has 1 aromatic heterocycles. The molecule has 0 spiro atoms. The van der Waals surface area contributed by atoms with Crippen molar-refractivity contribution in [3.63, 3.8) is 0 Å². The first-order chi connectivity index (χ1) is 18.2. The van der Waals surface area contributed by atoms with Crippen LogP contribution in [0.4, 0.5) is 34.6 Å². The predicted octanol–water partition coefficient (Wildman–Crippen LogP) is 4.59. The summed E-state index contributed by atoms with van der Waals surface area (Å²) < 4.78 is 11.2. The summed E-state index contributed by atoms with van der Waals surface area (Å²) in [5.74, 6) is 3.28. The fourth-order valence-corrected chi connectivity index (χ4v) is 4.96. The van der Waals surface area contributed by atoms with Crippen molar-refractivity contribution in [2.75, 3.05) is 60.8 Å². The van der Waals surface area contributed by atoms with Crippen LogP contribution in [0.5, 0.6) is 5.75 Å². The maximum atomic E-state index is 5.74. The van der Waals surface area contributed by atoms with Crippen LogP contribution in [0.15, 0.2) is 42.5 Å². The van der Waals surface area contributed by atoms with E-state index in [-0.39, 0.29) is 0 Å². The molecular formula is C28H35N7O2. The summed E-state index contributed by atoms with van der Waals surface area (Å²) in [6.45, 7) is 7.12. The highest BCUT2D eigenvalue weighted by molar-refractivity contribution is 5.74. The number of hydrogen-bond acceptors (Lipinski definition) is 9. The first-order valence-corrected chi connectivity index (χ1v) is 13.2. The molecule has 194 valence electrons. The number of methoxy groups -OCH3 is 1. The molecule has 1 atom stereocenters. The van der Waals surface area contributed by atoms with E-state index in [1.165, 1.54) is 18.4 Å². The fourth-order valence-electron chi connectivity index (χ4n) is 4.96. The second kappa shape index (κ2) is 10.4. The molecule has 6 rings (SSSR count). The minimum atomic E-state index is 0.311. The summed E-state index contributed by atoms with van der Waals surface area (Å²) in [5, 5.41) is 14.1. The van der Waals surface area contributed by atoms with E-state index in [1.54, 1.807) is 7.11 Å². The number of para-hydroxylation sites is 1. The zero-order chi connectivity index (χ0) is 25.2. The van der Waals surface area contributed by atoms with Crippen molar-refractivity contribution in [3.8, 4) is 5.75 Å². The Bertz CT molecular complexity index is 1260. The van der Waals surface area contributed by atoms with Gasteiger partial charge in [-0.2, -0.15) is 9.97 Å². The van der Waals surface area contributed by atoms with E-state index in [1.807, 2.05) is 6.07 Å². The number of morpholine rings is 1. The molecule has 4 N–H and O–H groups in total. The van der Waals surface area contributed by atoms with E-state index in [0.717, 1.165) is 79.4 Å². The first kappa shape index (κ1) is 23.8. The number of fused-ring (bicyclic) bond motifs is 1. The summed E-state index contributed by atoms with van der Waals surface area (Å²) in [5.41, 5.74) is 5.36. The lowest BCUT2D eigenvalue weighted by molar-refractivity contribution is 0.122. The van der Waals surface area contributed by atoms with E-state index in [4.69, 9.17) is 19.4 Å². The van der Waals surface area contributed by atoms with Gasteiger partial charge in [0, 0.05) is 61.1 Å². The van der Waals surface area contributed by atoms with Gasteiger partial charge >= 0.3 is 0 Å². The van der Waals surface area contributed by atoms with Gasteiger partial charge in [0.25, 0.3) is 0 Å². The van der Waals surface area contributed by atoms with Crippen molar-refractivity contribution in [1.82, 2.24) is 15.3 Å². The third kappa shape index (κ3) is 5.28. The van der Waals surface area contributed by atoms with Crippen LogP contribution in [-0.4, -0.2) is 56.0 Å². The van der Waals surface area contributed by atoms with Crippen LogP contribution in [0.3, 0.4) is 0 Å². The molecule has 0 amide bonds. The molecule has 3 aliphatic rings. The van der Waals surface area contributed by atoms with Crippen LogP contribution in [0.1, 0.15) is 36.8 Å². The van der Waals surface area contributed by atoms with Gasteiger partial charge < -0.3 is 35.6 Å². The van der Waals surface area contributed by atoms with Crippen molar-refractivity contribution < 1.29 is 9.47 Å². The summed E-state index contributed by atoms with van der Waals surface area (Å²) in [6, 6.07) is 15.3. The monoisotopic (exact) mass is 501 g/mol. The van der Waals surface area contributed by atoms with Crippen LogP contribution in [-0.2, 0) is 11.3 Å². The van der Waals surface area contributed by atoms with E-state index in [2.05, 4.69) is 69.5 Å². The zero-order valence-electron chi connectivity index (χ0n) is 21.5. The molecule has 1 saturated carbocycles. The highest BCUT2D eigenvalue weighted by Crippen LogP contribution is 2.39. The highest BCUT2D eigenvalue weighted by atomic mass is 16.5. The van der Waals surface area contributed by atoms with Crippen molar-refractivity contribution in [3.05, 3.63) is 53.6 Å². The van der Waals surface area contributed by atoms with Crippen LogP contribution in [0, 0.1) is 0 Å². The van der Waals surface area contributed by atoms with Gasteiger partial charge in [-0.25, -0.2) is 0 Å². The number of nitrogens with zero attached hydrogens (tertiary/aromatic N) is 3. The van der Waals surface area contributed by atoms with Crippen molar-refractivity contribution in [1.29, 1.82) is 0 Å². The minimum Gasteiger partial charge on any atom is -0.494 e. The maximum Gasteiger partial charge on any atom is 0.231 e. The topological polar surface area (TPSA) is 95.6 Å². The van der Waals surface area contributed by atoms with Gasteiger partial charge in [-0.15, -0.1) is 0 Å². The van der Waals surface area contributed by atoms with E-state index in [9.17, 15) is 0 Å². The number of benzene rings is 2. The number of anilines is 6. The number of hydrogen-bond donors (Lipinski definition) is 4. The van der Waals surface area contributed by atoms with Gasteiger partial charge in [-0.05, 0) is 36.6 Å². The third-order valence-electron chi connectivity index (χ3n) is 7.25. The van der Waals surface area contributed by atoms with Crippen LogP contribution in [0.2, 0.25) is 0 Å². The summed E-state index contributed by atoms with van der Waals surface area (Å²) in [6.07, 6.45) is 2.54. The largest absolute Gasteiger partial charge is 0.494 e. The zero-order valence-corrected chi connectivity index (χ0v) is 21.5. The third-order valence-corrected chi connectivity index (χ3v) is 7.25. The Morgan fingerprint density at radius 3 is 2.70 bits per heavy atom. The van der Waals surface area contributed by atoms with Crippen molar-refractivity contribution in [2.24, 2.45) is 0 Å². The Balaban J connectivity index is 1.28. The number of ether oxygens (including phenoxy) is 2. The van der Waals surface area contributed by atoms with Crippen LogP contribution < -0.4 is 30.9 Å². The number of aromatic nitrogens is 2. The Kier molecular flexibility index (Phi) is 6.72. The molecule has 3 aromatic rings. The SMILES string of the molecule is COc1cc(N2CCOCC2)ccc1Nc1nc2c(c(Nc3ccccc3CNC3CC3)n1)[C@H](C)CN2. The lowest BCUT2D eigenvalue weighted by atomic mass is 10.1. The first-order valence-electron chi connectivity index (χ1n) is 13.2. The standard InChI is InChI=1S/C28H35N7O2/c1-18-16-30-26-25(18)27(31-22-6-4-3-5-19(22)17-29-20-7-8-20)34-28(33-26)32-23-10-9-21(15-24(23)36-2)35-11-13-37-14-12-35/h3-6,9-10,15,18,20,29H,7-8,11-14,16-17H2,1-2H3,(H3,30,31,32,33,34)/t18-/m1/s1. The van der Waals surface area contributed by atoms with Gasteiger partial charge in [-0.1, -0.05) is 25.1 Å². The predicted molar refractivity (Wildman–Crippen MR) is 148 cm³/mol.